The topological polar surface area (TPSA) is 140 Å². The van der Waals surface area contributed by atoms with Gasteiger partial charge in [0.05, 0.1) is 71.0 Å². The van der Waals surface area contributed by atoms with Gasteiger partial charge in [-0.05, 0) is 128 Å². The van der Waals surface area contributed by atoms with Crippen LogP contribution in [-0.4, -0.2) is 57.0 Å². The van der Waals surface area contributed by atoms with Gasteiger partial charge in [0.15, 0.2) is 0 Å². The van der Waals surface area contributed by atoms with E-state index in [2.05, 4.69) is 0 Å². The molecule has 0 saturated heterocycles. The highest BCUT2D eigenvalue weighted by Crippen LogP contribution is 2.41. The van der Waals surface area contributed by atoms with E-state index in [9.17, 15) is 46.3 Å². The molecule has 6 aromatic rings. The van der Waals surface area contributed by atoms with Crippen molar-refractivity contribution in [2.45, 2.75) is 26.9 Å². The molecule has 0 bridgehead atoms. The summed E-state index contributed by atoms with van der Waals surface area (Å²) in [6.45, 7) is 4.88. The zero-order valence-electron chi connectivity index (χ0n) is 40.5. The van der Waals surface area contributed by atoms with E-state index in [0.29, 0.717) is 33.4 Å². The number of para-hydroxylation sites is 1. The van der Waals surface area contributed by atoms with Crippen molar-refractivity contribution in [2.75, 3.05) is 36.0 Å². The number of carbonyl (C=O) groups excluding carboxylic acids is 6. The minimum Gasteiger partial charge on any atom is -0.465 e. The molecule has 0 unspecified atom stereocenters. The van der Waals surface area contributed by atoms with E-state index in [-0.39, 0.29) is 51.1 Å². The van der Waals surface area contributed by atoms with Gasteiger partial charge in [0, 0.05) is 43.1 Å². The summed E-state index contributed by atoms with van der Waals surface area (Å²) in [6.07, 6.45) is 0.374. The van der Waals surface area contributed by atoms with Crippen LogP contribution in [0.4, 0.5) is 34.6 Å². The van der Waals surface area contributed by atoms with E-state index in [1.54, 1.807) is 62.4 Å². The van der Waals surface area contributed by atoms with E-state index in [1.165, 1.54) is 115 Å². The van der Waals surface area contributed by atoms with Crippen molar-refractivity contribution < 1.29 is 60.5 Å². The summed E-state index contributed by atoms with van der Waals surface area (Å²) in [5, 5.41) is 6.04. The van der Waals surface area contributed by atoms with Gasteiger partial charge in [0.2, 0.25) is 0 Å². The minimum absolute atomic E-state index is 0.0308. The first-order valence-corrected chi connectivity index (χ1v) is 25.2. The van der Waals surface area contributed by atoms with Crippen LogP contribution >= 0.6 is 45.6 Å². The maximum atomic E-state index is 13.2. The molecule has 3 aromatic heterocycles. The average Bonchev–Trinajstić information content (AvgIpc) is 4.28. The highest BCUT2D eigenvalue weighted by molar-refractivity contribution is 7.11. The van der Waals surface area contributed by atoms with Crippen molar-refractivity contribution in [1.82, 2.24) is 0 Å². The van der Waals surface area contributed by atoms with E-state index in [4.69, 9.17) is 25.8 Å². The monoisotopic (exact) mass is 1100 g/mol. The van der Waals surface area contributed by atoms with Crippen LogP contribution in [0.15, 0.2) is 176 Å². The molecule has 3 aromatic carbocycles. The highest BCUT2D eigenvalue weighted by atomic mass is 35.5. The fourth-order valence-corrected chi connectivity index (χ4v) is 10.2. The second kappa shape index (κ2) is 23.5. The Bertz CT molecular complexity index is 3390. The van der Waals surface area contributed by atoms with E-state index >= 15 is 0 Å². The van der Waals surface area contributed by atoms with E-state index < -0.39 is 41.4 Å². The summed E-state index contributed by atoms with van der Waals surface area (Å²) in [7, 11) is 3.76. The van der Waals surface area contributed by atoms with Crippen molar-refractivity contribution in [3.8, 4) is 0 Å². The first-order valence-electron chi connectivity index (χ1n) is 22.2. The maximum Gasteiger partial charge on any atom is 0.416 e. The Morgan fingerprint density at radius 1 is 0.520 bits per heavy atom. The lowest BCUT2D eigenvalue weighted by atomic mass is 10.1. The second-order valence-electron chi connectivity index (χ2n) is 16.0. The maximum absolute atomic E-state index is 13.2. The summed E-state index contributed by atoms with van der Waals surface area (Å²) < 4.78 is 66.7. The molecule has 20 heteroatoms. The quantitative estimate of drug-likeness (QED) is 0.0599. The van der Waals surface area contributed by atoms with Crippen LogP contribution in [0.3, 0.4) is 0 Å². The predicted octanol–water partition coefficient (Wildman–Crippen LogP) is 12.7. The van der Waals surface area contributed by atoms with Gasteiger partial charge in [0.1, 0.15) is 5.82 Å². The molecule has 9 rings (SSSR count). The normalized spacial score (nSPS) is 16.3. The number of nitrogens with zero attached hydrogens (tertiary/aromatic N) is 3. The van der Waals surface area contributed by atoms with Crippen molar-refractivity contribution in [3.63, 3.8) is 0 Å². The van der Waals surface area contributed by atoms with Crippen LogP contribution in [0.2, 0.25) is 5.02 Å². The molecule has 0 atom stereocenters. The second-order valence-corrected chi connectivity index (χ2v) is 19.3. The van der Waals surface area contributed by atoms with Crippen LogP contribution < -0.4 is 14.7 Å². The largest absolute Gasteiger partial charge is 0.465 e. The number of halogens is 5. The van der Waals surface area contributed by atoms with Crippen LogP contribution in [-0.2, 0) is 49.2 Å². The molecule has 0 saturated carbocycles. The Kier molecular flexibility index (Phi) is 17.2. The van der Waals surface area contributed by atoms with Gasteiger partial charge < -0.3 is 14.2 Å². The number of hydrogen-bond acceptors (Lipinski definition) is 12. The predicted molar refractivity (Wildman–Crippen MR) is 283 cm³/mol. The number of alkyl halides is 3. The molecular weight excluding hydrogens is 1050 g/mol. The van der Waals surface area contributed by atoms with Crippen LogP contribution in [0.25, 0.3) is 18.2 Å². The molecule has 0 aliphatic carbocycles. The van der Waals surface area contributed by atoms with Gasteiger partial charge in [-0.3, -0.25) is 29.1 Å². The van der Waals surface area contributed by atoms with Crippen LogP contribution in [0, 0.1) is 5.82 Å². The van der Waals surface area contributed by atoms with Gasteiger partial charge in [0.25, 0.3) is 17.7 Å². The molecule has 0 spiro atoms. The van der Waals surface area contributed by atoms with Crippen LogP contribution in [0.1, 0.15) is 41.0 Å². The number of ether oxygens (including phenoxy) is 3. The number of anilines is 3. The molecule has 384 valence electrons. The Labute approximate surface area is 444 Å². The first kappa shape index (κ1) is 54.8. The minimum atomic E-state index is -4.54. The third-order valence-electron chi connectivity index (χ3n) is 11.5. The molecule has 3 aliphatic heterocycles. The lowest BCUT2D eigenvalue weighted by Gasteiger charge is -2.19. The molecule has 3 aliphatic rings. The van der Waals surface area contributed by atoms with Crippen molar-refractivity contribution in [1.29, 1.82) is 0 Å². The number of carbonyl (C=O) groups is 6. The van der Waals surface area contributed by atoms with Crippen molar-refractivity contribution in [2.24, 2.45) is 0 Å². The first-order chi connectivity index (χ1) is 35.8. The molecule has 0 fully saturated rings. The number of amides is 3. The number of allylic oxidation sites excluding steroid dienone is 3. The SMILES string of the molecule is COC(=O)C1=C(C)N(c2ccc(F)cc2)C(=O)/C1=C\c1cccs1.COC(=O)C1=C(C)N(c2cccc(C(F)(F)F)c2)C(=O)/C1=C\c1cccs1.COC(=O)C1=C(C)N(c2ccccc2Cl)C(=O)/C1=C\c1cccs1. The summed E-state index contributed by atoms with van der Waals surface area (Å²) in [4.78, 5) is 81.9. The Balaban J connectivity index is 0.000000164. The number of benzene rings is 3. The Morgan fingerprint density at radius 2 is 0.920 bits per heavy atom. The van der Waals surface area contributed by atoms with Gasteiger partial charge in [-0.1, -0.05) is 48.0 Å². The van der Waals surface area contributed by atoms with E-state index in [1.807, 2.05) is 40.4 Å². The smallest absolute Gasteiger partial charge is 0.416 e. The zero-order chi connectivity index (χ0) is 54.3. The van der Waals surface area contributed by atoms with Gasteiger partial charge in [-0.15, -0.1) is 34.0 Å². The molecule has 6 heterocycles. The van der Waals surface area contributed by atoms with Gasteiger partial charge in [-0.2, -0.15) is 13.2 Å². The number of hydrogen-bond donors (Lipinski definition) is 0. The number of rotatable bonds is 9. The van der Waals surface area contributed by atoms with E-state index in [0.717, 1.165) is 31.7 Å². The Hall–Kier alpha value is -7.97. The van der Waals surface area contributed by atoms with Crippen molar-refractivity contribution in [3.05, 3.63) is 207 Å². The zero-order valence-corrected chi connectivity index (χ0v) is 43.7. The molecular formula is C55H42ClF4N3O9S3. The van der Waals surface area contributed by atoms with Gasteiger partial charge >= 0.3 is 24.1 Å². The molecule has 0 N–H and O–H groups in total. The number of thiophene rings is 3. The number of methoxy groups -OCH3 is 3. The fourth-order valence-electron chi connectivity index (χ4n) is 8.04. The third kappa shape index (κ3) is 11.7. The lowest BCUT2D eigenvalue weighted by Crippen LogP contribution is -2.24. The third-order valence-corrected chi connectivity index (χ3v) is 14.2. The molecule has 0 radical (unpaired) electrons. The fraction of sp³-hybridized carbons (Fsp3) is 0.127. The standard InChI is InChI=1S/C19H14F3NO3S.C18H14ClNO3S.C18H14FNO3S/c1-11-16(18(25)26-2)15(10-14-7-4-8-27-14)17(24)23(11)13-6-3-5-12(9-13)19(20,21)22;1-11-16(18(22)23-2)13(10-12-6-5-9-24-12)17(21)20(11)15-8-4-3-7-14(15)19;1-11-16(18(22)23-2)15(10-14-4-3-9-24-14)17(21)20(11)13-7-5-12(19)6-8-13/h3-10H,1-2H3;2*3-10H,1-2H3/b15-10-;13-10-;15-10-. The molecule has 75 heavy (non-hydrogen) atoms. The average molecular weight is 1100 g/mol. The van der Waals surface area contributed by atoms with Gasteiger partial charge in [-0.25, -0.2) is 18.8 Å². The van der Waals surface area contributed by atoms with Crippen molar-refractivity contribution >= 4 is 117 Å². The summed E-state index contributed by atoms with van der Waals surface area (Å²) >= 11 is 10.6. The Morgan fingerprint density at radius 3 is 1.31 bits per heavy atom. The summed E-state index contributed by atoms with van der Waals surface area (Å²) in [6, 6.07) is 28.0. The lowest BCUT2D eigenvalue weighted by molar-refractivity contribution is -0.138. The van der Waals surface area contributed by atoms with Crippen LogP contribution in [0.5, 0.6) is 0 Å². The molecule has 3 amide bonds. The highest BCUT2D eigenvalue weighted by Gasteiger charge is 2.41. The molecule has 12 nitrogen and oxygen atoms in total. The number of esters is 3. The summed E-state index contributed by atoms with van der Waals surface area (Å²) in [5.41, 5.74) is 2.54. The summed E-state index contributed by atoms with van der Waals surface area (Å²) in [5.74, 6) is -3.46.